The van der Waals surface area contributed by atoms with Crippen LogP contribution in [0.4, 0.5) is 17.1 Å². The Morgan fingerprint density at radius 1 is 1.12 bits per heavy atom. The van der Waals surface area contributed by atoms with E-state index in [4.69, 9.17) is 0 Å². The maximum absolute atomic E-state index is 12.3. The lowest BCUT2D eigenvalue weighted by molar-refractivity contribution is -0.122. The Balaban J connectivity index is 1.71. The van der Waals surface area contributed by atoms with Crippen LogP contribution in [-0.2, 0) is 9.59 Å². The molecule has 2 aromatic rings. The molecule has 25 heavy (non-hydrogen) atoms. The van der Waals surface area contributed by atoms with E-state index in [0.29, 0.717) is 5.69 Å². The number of anilines is 3. The third-order valence-electron chi connectivity index (χ3n) is 4.33. The van der Waals surface area contributed by atoms with Gasteiger partial charge < -0.3 is 16.0 Å². The topological polar surface area (TPSA) is 70.2 Å². The summed E-state index contributed by atoms with van der Waals surface area (Å²) < 4.78 is 0.818. The zero-order valence-corrected chi connectivity index (χ0v) is 16.0. The highest BCUT2D eigenvalue weighted by atomic mass is 79.9. The van der Waals surface area contributed by atoms with Crippen molar-refractivity contribution < 1.29 is 9.59 Å². The summed E-state index contributed by atoms with van der Waals surface area (Å²) in [4.78, 5) is 24.6. The van der Waals surface area contributed by atoms with Gasteiger partial charge in [0.25, 0.3) is 0 Å². The lowest BCUT2D eigenvalue weighted by Crippen LogP contribution is -2.41. The number of nitrogens with one attached hydrogen (secondary N) is 3. The van der Waals surface area contributed by atoms with Crippen LogP contribution in [0.1, 0.15) is 23.1 Å². The molecule has 0 radical (unpaired) electrons. The molecule has 2 aromatic carbocycles. The summed E-state index contributed by atoms with van der Waals surface area (Å²) in [7, 11) is 0. The maximum Gasteiger partial charge on any atom is 0.247 e. The first-order chi connectivity index (χ1) is 11.8. The van der Waals surface area contributed by atoms with E-state index < -0.39 is 6.04 Å². The van der Waals surface area contributed by atoms with Crippen LogP contribution < -0.4 is 16.0 Å². The quantitative estimate of drug-likeness (QED) is 0.723. The molecule has 3 N–H and O–H groups in total. The van der Waals surface area contributed by atoms with Crippen LogP contribution >= 0.6 is 15.9 Å². The van der Waals surface area contributed by atoms with Gasteiger partial charge in [0.1, 0.15) is 6.04 Å². The third-order valence-corrected chi connectivity index (χ3v) is 4.98. The van der Waals surface area contributed by atoms with Crippen molar-refractivity contribution >= 4 is 44.8 Å². The van der Waals surface area contributed by atoms with Crippen LogP contribution in [0.3, 0.4) is 0 Å². The number of carbonyl (C=O) groups excluding carboxylic acids is 2. The number of halogens is 1. The molecule has 0 aliphatic carbocycles. The van der Waals surface area contributed by atoms with Gasteiger partial charge in [-0.25, -0.2) is 0 Å². The highest BCUT2D eigenvalue weighted by molar-refractivity contribution is 9.10. The Kier molecular flexibility index (Phi) is 4.81. The first-order valence-corrected chi connectivity index (χ1v) is 8.87. The molecule has 0 saturated carbocycles. The molecular weight excluding hydrogens is 382 g/mol. The van der Waals surface area contributed by atoms with E-state index in [-0.39, 0.29) is 18.2 Å². The van der Waals surface area contributed by atoms with Crippen molar-refractivity contribution in [1.29, 1.82) is 0 Å². The number of carbonyl (C=O) groups is 2. The average molecular weight is 402 g/mol. The Morgan fingerprint density at radius 3 is 2.48 bits per heavy atom. The molecule has 1 aliphatic rings. The van der Waals surface area contributed by atoms with Gasteiger partial charge in [0, 0.05) is 4.47 Å². The van der Waals surface area contributed by atoms with Crippen molar-refractivity contribution in [2.75, 3.05) is 16.0 Å². The van der Waals surface area contributed by atoms with E-state index in [0.717, 1.165) is 32.5 Å². The Morgan fingerprint density at radius 2 is 1.80 bits per heavy atom. The van der Waals surface area contributed by atoms with Crippen LogP contribution in [0.2, 0.25) is 0 Å². The molecule has 0 aromatic heterocycles. The summed E-state index contributed by atoms with van der Waals surface area (Å²) in [5.74, 6) is -0.418. The molecule has 0 spiro atoms. The van der Waals surface area contributed by atoms with Gasteiger partial charge in [-0.2, -0.15) is 0 Å². The highest BCUT2D eigenvalue weighted by Gasteiger charge is 2.28. The number of aryl methyl sites for hydroxylation is 3. The van der Waals surface area contributed by atoms with Crippen LogP contribution in [0, 0.1) is 20.8 Å². The minimum absolute atomic E-state index is 0.0541. The van der Waals surface area contributed by atoms with Gasteiger partial charge in [0.15, 0.2) is 0 Å². The summed E-state index contributed by atoms with van der Waals surface area (Å²) in [5.41, 5.74) is 5.64. The smallest absolute Gasteiger partial charge is 0.247 e. The fraction of sp³-hybridized carbons (Fsp3) is 0.263. The molecule has 1 atom stereocenters. The van der Waals surface area contributed by atoms with Gasteiger partial charge >= 0.3 is 0 Å². The van der Waals surface area contributed by atoms with E-state index in [1.807, 2.05) is 51.1 Å². The van der Waals surface area contributed by atoms with Crippen LogP contribution in [0.15, 0.2) is 34.8 Å². The monoisotopic (exact) mass is 401 g/mol. The van der Waals surface area contributed by atoms with Crippen molar-refractivity contribution in [2.45, 2.75) is 33.2 Å². The van der Waals surface area contributed by atoms with E-state index in [1.54, 1.807) is 0 Å². The summed E-state index contributed by atoms with van der Waals surface area (Å²) in [6.45, 7) is 6.00. The van der Waals surface area contributed by atoms with E-state index in [1.165, 1.54) is 0 Å². The van der Waals surface area contributed by atoms with Crippen LogP contribution in [0.5, 0.6) is 0 Å². The van der Waals surface area contributed by atoms with Crippen molar-refractivity contribution in [3.63, 3.8) is 0 Å². The number of hydrogen-bond acceptors (Lipinski definition) is 3. The van der Waals surface area contributed by atoms with Gasteiger partial charge in [0.2, 0.25) is 11.8 Å². The summed E-state index contributed by atoms with van der Waals surface area (Å²) in [5, 5.41) is 8.89. The Labute approximate surface area is 155 Å². The first kappa shape index (κ1) is 17.5. The lowest BCUT2D eigenvalue weighted by Gasteiger charge is -2.27. The molecule has 1 heterocycles. The first-order valence-electron chi connectivity index (χ1n) is 8.08. The molecule has 1 aliphatic heterocycles. The summed E-state index contributed by atoms with van der Waals surface area (Å²) in [6, 6.07) is 9.03. The standard InChI is InChI=1S/C19H20BrN3O2/c1-10-4-5-14(13(20)6-10)22-18(24)9-17-19(25)23-16-8-12(3)11(2)7-15(16)21-17/h4-8,17,21H,9H2,1-3H3,(H,22,24)(H,23,25)/t17-/m0/s1. The molecule has 0 bridgehead atoms. The zero-order chi connectivity index (χ0) is 18.1. The second kappa shape index (κ2) is 6.88. The van der Waals surface area contributed by atoms with Crippen LogP contribution in [0.25, 0.3) is 0 Å². The fourth-order valence-corrected chi connectivity index (χ4v) is 3.36. The Hall–Kier alpha value is -2.34. The average Bonchev–Trinajstić information content (AvgIpc) is 2.53. The van der Waals surface area contributed by atoms with Crippen LogP contribution in [-0.4, -0.2) is 17.9 Å². The third kappa shape index (κ3) is 3.85. The van der Waals surface area contributed by atoms with Gasteiger partial charge in [-0.1, -0.05) is 6.07 Å². The van der Waals surface area contributed by atoms with E-state index in [2.05, 4.69) is 31.9 Å². The number of benzene rings is 2. The number of hydrogen-bond donors (Lipinski definition) is 3. The van der Waals surface area contributed by atoms with Crippen molar-refractivity contribution in [3.05, 3.63) is 51.5 Å². The normalized spacial score (nSPS) is 15.8. The molecule has 0 saturated heterocycles. The molecule has 6 heteroatoms. The summed E-state index contributed by atoms with van der Waals surface area (Å²) in [6.07, 6.45) is 0.0541. The molecule has 2 amide bonds. The maximum atomic E-state index is 12.3. The predicted octanol–water partition coefficient (Wildman–Crippen LogP) is 4.14. The Bertz CT molecular complexity index is 864. The second-order valence-corrected chi connectivity index (χ2v) is 7.26. The molecule has 0 fully saturated rings. The largest absolute Gasteiger partial charge is 0.372 e. The van der Waals surface area contributed by atoms with Crippen molar-refractivity contribution in [1.82, 2.24) is 0 Å². The van der Waals surface area contributed by atoms with Gasteiger partial charge in [-0.3, -0.25) is 9.59 Å². The second-order valence-electron chi connectivity index (χ2n) is 6.40. The minimum Gasteiger partial charge on any atom is -0.372 e. The number of rotatable bonds is 3. The molecule has 130 valence electrons. The summed E-state index contributed by atoms with van der Waals surface area (Å²) >= 11 is 3.44. The zero-order valence-electron chi connectivity index (χ0n) is 14.4. The molecule has 5 nitrogen and oxygen atoms in total. The SMILES string of the molecule is Cc1ccc(NC(=O)C[C@@H]2Nc3cc(C)c(C)cc3NC2=O)c(Br)c1. The van der Waals surface area contributed by atoms with E-state index in [9.17, 15) is 9.59 Å². The predicted molar refractivity (Wildman–Crippen MR) is 104 cm³/mol. The minimum atomic E-state index is -0.598. The van der Waals surface area contributed by atoms with Crippen molar-refractivity contribution in [2.24, 2.45) is 0 Å². The number of fused-ring (bicyclic) bond motifs is 1. The number of amides is 2. The van der Waals surface area contributed by atoms with Gasteiger partial charge in [-0.15, -0.1) is 0 Å². The van der Waals surface area contributed by atoms with E-state index >= 15 is 0 Å². The highest BCUT2D eigenvalue weighted by Crippen LogP contribution is 2.30. The van der Waals surface area contributed by atoms with Crippen molar-refractivity contribution in [3.8, 4) is 0 Å². The lowest BCUT2D eigenvalue weighted by atomic mass is 10.0. The molecule has 3 rings (SSSR count). The van der Waals surface area contributed by atoms with Gasteiger partial charge in [-0.05, 0) is 77.7 Å². The molecule has 0 unspecified atom stereocenters. The molecular formula is C19H20BrN3O2. The fourth-order valence-electron chi connectivity index (χ4n) is 2.76. The van der Waals surface area contributed by atoms with Gasteiger partial charge in [0.05, 0.1) is 23.5 Å².